The summed E-state index contributed by atoms with van der Waals surface area (Å²) in [5, 5.41) is 7.83. The molecular weight excluding hydrogens is 275 g/mol. The van der Waals surface area contributed by atoms with Crippen LogP contribution in [0.5, 0.6) is 0 Å². The van der Waals surface area contributed by atoms with E-state index in [0.29, 0.717) is 6.54 Å². The van der Waals surface area contributed by atoms with Gasteiger partial charge >= 0.3 is 0 Å². The van der Waals surface area contributed by atoms with Crippen molar-refractivity contribution >= 4 is 17.6 Å². The highest BCUT2D eigenvalue weighted by atomic mass is 19.1. The highest BCUT2D eigenvalue weighted by Crippen LogP contribution is 2.16. The number of carbonyl (C=O) groups excluding carboxylic acids is 2. The van der Waals surface area contributed by atoms with E-state index < -0.39 is 17.1 Å². The van der Waals surface area contributed by atoms with E-state index in [4.69, 9.17) is 0 Å². The first kappa shape index (κ1) is 16.9. The standard InChI is InChI=1S/C14H21FN4O2/c1-5-17-11-10(15)9(6-7-18-11)12(20)19-8-14(2,3)13(21)16-4/h6-7H,5,8H2,1-4H3,(H,16,21)(H,17,18)(H,19,20). The van der Waals surface area contributed by atoms with Crippen molar-refractivity contribution in [1.29, 1.82) is 0 Å². The van der Waals surface area contributed by atoms with Crippen LogP contribution in [0.3, 0.4) is 0 Å². The third kappa shape index (κ3) is 4.14. The molecule has 0 aliphatic rings. The maximum atomic E-state index is 14.1. The van der Waals surface area contributed by atoms with E-state index >= 15 is 0 Å². The number of amides is 2. The molecule has 0 aliphatic heterocycles. The van der Waals surface area contributed by atoms with E-state index in [-0.39, 0.29) is 23.8 Å². The maximum absolute atomic E-state index is 14.1. The maximum Gasteiger partial charge on any atom is 0.254 e. The van der Waals surface area contributed by atoms with Crippen LogP contribution >= 0.6 is 0 Å². The number of aromatic nitrogens is 1. The molecule has 0 saturated carbocycles. The van der Waals surface area contributed by atoms with Crippen LogP contribution in [-0.4, -0.2) is 36.9 Å². The van der Waals surface area contributed by atoms with Gasteiger partial charge in [-0.05, 0) is 26.8 Å². The van der Waals surface area contributed by atoms with Crippen molar-refractivity contribution in [2.45, 2.75) is 20.8 Å². The lowest BCUT2D eigenvalue weighted by atomic mass is 9.92. The summed E-state index contributed by atoms with van der Waals surface area (Å²) in [6.45, 7) is 5.79. The van der Waals surface area contributed by atoms with Crippen LogP contribution in [0, 0.1) is 11.2 Å². The molecule has 0 aromatic carbocycles. The van der Waals surface area contributed by atoms with Gasteiger partial charge in [0.1, 0.15) is 0 Å². The number of anilines is 1. The molecule has 21 heavy (non-hydrogen) atoms. The summed E-state index contributed by atoms with van der Waals surface area (Å²) >= 11 is 0. The van der Waals surface area contributed by atoms with Crippen molar-refractivity contribution in [3.05, 3.63) is 23.6 Å². The van der Waals surface area contributed by atoms with Gasteiger partial charge in [0, 0.05) is 26.3 Å². The second-order valence-electron chi connectivity index (χ2n) is 5.20. The molecular formula is C14H21FN4O2. The van der Waals surface area contributed by atoms with Gasteiger partial charge in [-0.3, -0.25) is 9.59 Å². The molecule has 0 radical (unpaired) electrons. The van der Waals surface area contributed by atoms with Crippen molar-refractivity contribution in [3.8, 4) is 0 Å². The van der Waals surface area contributed by atoms with Gasteiger partial charge in [-0.15, -0.1) is 0 Å². The summed E-state index contributed by atoms with van der Waals surface area (Å²) in [7, 11) is 1.52. The topological polar surface area (TPSA) is 83.1 Å². The molecule has 0 aliphatic carbocycles. The first-order valence-corrected chi connectivity index (χ1v) is 6.72. The zero-order valence-electron chi connectivity index (χ0n) is 12.7. The van der Waals surface area contributed by atoms with E-state index in [2.05, 4.69) is 20.9 Å². The molecule has 6 nitrogen and oxygen atoms in total. The number of nitrogens with one attached hydrogen (secondary N) is 3. The smallest absolute Gasteiger partial charge is 0.254 e. The Balaban J connectivity index is 2.81. The predicted octanol–water partition coefficient (Wildman–Crippen LogP) is 1.15. The number of pyridine rings is 1. The molecule has 0 spiro atoms. The molecule has 1 heterocycles. The van der Waals surface area contributed by atoms with Crippen molar-refractivity contribution in [3.63, 3.8) is 0 Å². The fraction of sp³-hybridized carbons (Fsp3) is 0.500. The average molecular weight is 296 g/mol. The van der Waals surface area contributed by atoms with E-state index in [9.17, 15) is 14.0 Å². The summed E-state index contributed by atoms with van der Waals surface area (Å²) in [4.78, 5) is 27.5. The van der Waals surface area contributed by atoms with Gasteiger partial charge in [-0.2, -0.15) is 0 Å². The number of rotatable bonds is 6. The third-order valence-electron chi connectivity index (χ3n) is 3.01. The lowest BCUT2D eigenvalue weighted by Crippen LogP contribution is -2.43. The minimum Gasteiger partial charge on any atom is -0.368 e. The van der Waals surface area contributed by atoms with Gasteiger partial charge in [0.25, 0.3) is 5.91 Å². The molecule has 116 valence electrons. The van der Waals surface area contributed by atoms with Crippen molar-refractivity contribution in [2.24, 2.45) is 5.41 Å². The Morgan fingerprint density at radius 2 is 2.05 bits per heavy atom. The molecule has 7 heteroatoms. The van der Waals surface area contributed by atoms with Crippen LogP contribution in [-0.2, 0) is 4.79 Å². The fourth-order valence-electron chi connectivity index (χ4n) is 1.72. The predicted molar refractivity (Wildman–Crippen MR) is 78.5 cm³/mol. The highest BCUT2D eigenvalue weighted by Gasteiger charge is 2.27. The molecule has 0 bridgehead atoms. The Morgan fingerprint density at radius 1 is 1.38 bits per heavy atom. The molecule has 1 aromatic rings. The SMILES string of the molecule is CCNc1nccc(C(=O)NCC(C)(C)C(=O)NC)c1F. The average Bonchev–Trinajstić information content (AvgIpc) is 2.46. The highest BCUT2D eigenvalue weighted by molar-refractivity contribution is 5.95. The Hall–Kier alpha value is -2.18. The lowest BCUT2D eigenvalue weighted by Gasteiger charge is -2.22. The number of carbonyl (C=O) groups is 2. The molecule has 0 saturated heterocycles. The molecule has 3 N–H and O–H groups in total. The fourth-order valence-corrected chi connectivity index (χ4v) is 1.72. The van der Waals surface area contributed by atoms with Crippen LogP contribution in [0.4, 0.5) is 10.2 Å². The molecule has 1 rings (SSSR count). The largest absolute Gasteiger partial charge is 0.368 e. The molecule has 0 atom stereocenters. The van der Waals surface area contributed by atoms with Gasteiger partial charge in [0.2, 0.25) is 5.91 Å². The zero-order valence-corrected chi connectivity index (χ0v) is 12.7. The van der Waals surface area contributed by atoms with E-state index in [1.54, 1.807) is 20.8 Å². The van der Waals surface area contributed by atoms with Crippen molar-refractivity contribution in [2.75, 3.05) is 25.5 Å². The Bertz CT molecular complexity index is 532. The Kier molecular flexibility index (Phi) is 5.63. The monoisotopic (exact) mass is 296 g/mol. The molecule has 1 aromatic heterocycles. The summed E-state index contributed by atoms with van der Waals surface area (Å²) in [5.41, 5.74) is -0.882. The number of hydrogen-bond donors (Lipinski definition) is 3. The van der Waals surface area contributed by atoms with E-state index in [1.165, 1.54) is 19.3 Å². The van der Waals surface area contributed by atoms with Crippen LogP contribution in [0.2, 0.25) is 0 Å². The lowest BCUT2D eigenvalue weighted by molar-refractivity contribution is -0.128. The first-order chi connectivity index (χ1) is 9.83. The quantitative estimate of drug-likeness (QED) is 0.735. The normalized spacial score (nSPS) is 10.9. The van der Waals surface area contributed by atoms with Crippen LogP contribution in [0.25, 0.3) is 0 Å². The number of hydrogen-bond acceptors (Lipinski definition) is 4. The summed E-state index contributed by atoms with van der Waals surface area (Å²) in [6, 6.07) is 1.30. The number of halogens is 1. The van der Waals surface area contributed by atoms with Crippen molar-refractivity contribution in [1.82, 2.24) is 15.6 Å². The second-order valence-corrected chi connectivity index (χ2v) is 5.20. The summed E-state index contributed by atoms with van der Waals surface area (Å²) in [6.07, 6.45) is 1.36. The Morgan fingerprint density at radius 3 is 2.62 bits per heavy atom. The van der Waals surface area contributed by atoms with Gasteiger partial charge in [-0.25, -0.2) is 9.37 Å². The molecule has 0 unspecified atom stereocenters. The van der Waals surface area contributed by atoms with E-state index in [0.717, 1.165) is 0 Å². The van der Waals surface area contributed by atoms with Gasteiger partial charge in [0.15, 0.2) is 11.6 Å². The number of nitrogens with zero attached hydrogens (tertiary/aromatic N) is 1. The van der Waals surface area contributed by atoms with Crippen LogP contribution in [0.1, 0.15) is 31.1 Å². The minimum absolute atomic E-state index is 0.0377. The van der Waals surface area contributed by atoms with Crippen molar-refractivity contribution < 1.29 is 14.0 Å². The van der Waals surface area contributed by atoms with Gasteiger partial charge in [-0.1, -0.05) is 0 Å². The zero-order chi connectivity index (χ0) is 16.0. The minimum atomic E-state index is -0.779. The first-order valence-electron chi connectivity index (χ1n) is 6.72. The molecule has 2 amide bonds. The second kappa shape index (κ2) is 7.01. The summed E-state index contributed by atoms with van der Waals surface area (Å²) < 4.78 is 14.1. The van der Waals surface area contributed by atoms with Crippen LogP contribution in [0.15, 0.2) is 12.3 Å². The Labute approximate surface area is 123 Å². The summed E-state index contributed by atoms with van der Waals surface area (Å²) in [5.74, 6) is -1.44. The van der Waals surface area contributed by atoms with Crippen LogP contribution < -0.4 is 16.0 Å². The third-order valence-corrected chi connectivity index (χ3v) is 3.01. The molecule has 0 fully saturated rings. The van der Waals surface area contributed by atoms with Gasteiger partial charge in [0.05, 0.1) is 11.0 Å². The van der Waals surface area contributed by atoms with Gasteiger partial charge < -0.3 is 16.0 Å². The van der Waals surface area contributed by atoms with E-state index in [1.807, 2.05) is 0 Å².